The molecule has 0 spiro atoms. The van der Waals surface area contributed by atoms with E-state index in [1.165, 1.54) is 0 Å². The molecule has 3 aromatic carbocycles. The molecule has 0 amide bonds. The lowest BCUT2D eigenvalue weighted by Gasteiger charge is -2.06. The highest BCUT2D eigenvalue weighted by molar-refractivity contribution is 5.96. The summed E-state index contributed by atoms with van der Waals surface area (Å²) in [4.78, 5) is 25.0. The van der Waals surface area contributed by atoms with Crippen LogP contribution < -0.4 is 5.56 Å². The van der Waals surface area contributed by atoms with Crippen molar-refractivity contribution >= 4 is 16.7 Å². The minimum Gasteiger partial charge on any atom is -0.292 e. The molecule has 26 heavy (non-hydrogen) atoms. The standard InChI is InChI=1S/C21H15N3O2/c25-20(14-24-21(26)18-8-4-5-9-19(18)22-23-24)17-12-10-16(11-13-17)15-6-2-1-3-7-15/h1-13H,14H2. The second kappa shape index (κ2) is 6.72. The third kappa shape index (κ3) is 3.02. The van der Waals surface area contributed by atoms with E-state index in [0.717, 1.165) is 15.8 Å². The normalized spacial score (nSPS) is 10.8. The molecular formula is C21H15N3O2. The molecule has 0 saturated carbocycles. The molecule has 0 bridgehead atoms. The number of nitrogens with zero attached hydrogens (tertiary/aromatic N) is 3. The zero-order chi connectivity index (χ0) is 17.9. The summed E-state index contributed by atoms with van der Waals surface area (Å²) in [5, 5.41) is 8.33. The van der Waals surface area contributed by atoms with Crippen molar-refractivity contribution in [3.63, 3.8) is 0 Å². The number of benzene rings is 3. The number of fused-ring (bicyclic) bond motifs is 1. The van der Waals surface area contributed by atoms with Crippen molar-refractivity contribution in [2.24, 2.45) is 0 Å². The van der Waals surface area contributed by atoms with Gasteiger partial charge in [-0.3, -0.25) is 9.59 Å². The molecule has 1 aromatic heterocycles. The van der Waals surface area contributed by atoms with Gasteiger partial charge in [0, 0.05) is 5.56 Å². The minimum absolute atomic E-state index is 0.138. The maximum absolute atomic E-state index is 12.5. The van der Waals surface area contributed by atoms with Crippen molar-refractivity contribution in [2.75, 3.05) is 0 Å². The van der Waals surface area contributed by atoms with Crippen LogP contribution in [0.4, 0.5) is 0 Å². The van der Waals surface area contributed by atoms with Gasteiger partial charge in [0.05, 0.1) is 5.39 Å². The second-order valence-electron chi connectivity index (χ2n) is 5.94. The number of ketones is 1. The first-order chi connectivity index (χ1) is 12.7. The fraction of sp³-hybridized carbons (Fsp3) is 0.0476. The molecule has 4 aromatic rings. The largest absolute Gasteiger partial charge is 0.292 e. The minimum atomic E-state index is -0.315. The van der Waals surface area contributed by atoms with Crippen molar-refractivity contribution in [1.82, 2.24) is 15.0 Å². The number of carbonyl (C=O) groups is 1. The zero-order valence-electron chi connectivity index (χ0n) is 13.9. The van der Waals surface area contributed by atoms with Crippen LogP contribution in [-0.2, 0) is 6.54 Å². The van der Waals surface area contributed by atoms with Crippen LogP contribution in [0.1, 0.15) is 10.4 Å². The molecule has 0 N–H and O–H groups in total. The number of Topliss-reactive ketones (excluding diaryl/α,β-unsaturated/α-hetero) is 1. The van der Waals surface area contributed by atoms with Crippen LogP contribution in [0.25, 0.3) is 22.0 Å². The van der Waals surface area contributed by atoms with Crippen LogP contribution in [-0.4, -0.2) is 20.8 Å². The van der Waals surface area contributed by atoms with E-state index in [9.17, 15) is 9.59 Å². The highest BCUT2D eigenvalue weighted by atomic mass is 16.1. The van der Waals surface area contributed by atoms with E-state index in [1.54, 1.807) is 36.4 Å². The van der Waals surface area contributed by atoms with Crippen LogP contribution in [0.3, 0.4) is 0 Å². The van der Waals surface area contributed by atoms with Gasteiger partial charge in [0.1, 0.15) is 12.1 Å². The summed E-state index contributed by atoms with van der Waals surface area (Å²) < 4.78 is 1.11. The molecule has 0 aliphatic heterocycles. The molecule has 0 fully saturated rings. The van der Waals surface area contributed by atoms with Crippen LogP contribution >= 0.6 is 0 Å². The Labute approximate surface area is 149 Å². The Kier molecular flexibility index (Phi) is 4.11. The van der Waals surface area contributed by atoms with Crippen LogP contribution in [0.5, 0.6) is 0 Å². The summed E-state index contributed by atoms with van der Waals surface area (Å²) in [5.74, 6) is -0.184. The molecule has 0 aliphatic carbocycles. The molecule has 0 aliphatic rings. The summed E-state index contributed by atoms with van der Waals surface area (Å²) >= 11 is 0. The lowest BCUT2D eigenvalue weighted by molar-refractivity contribution is 0.0964. The molecule has 1 heterocycles. The Bertz CT molecular complexity index is 1130. The smallest absolute Gasteiger partial charge is 0.278 e. The van der Waals surface area contributed by atoms with Gasteiger partial charge in [-0.15, -0.1) is 5.10 Å². The lowest BCUT2D eigenvalue weighted by atomic mass is 10.0. The van der Waals surface area contributed by atoms with Crippen molar-refractivity contribution in [2.45, 2.75) is 6.54 Å². The van der Waals surface area contributed by atoms with Gasteiger partial charge >= 0.3 is 0 Å². The topological polar surface area (TPSA) is 64.8 Å². The van der Waals surface area contributed by atoms with E-state index in [4.69, 9.17) is 0 Å². The van der Waals surface area contributed by atoms with Gasteiger partial charge < -0.3 is 0 Å². The van der Waals surface area contributed by atoms with E-state index in [1.807, 2.05) is 42.5 Å². The SMILES string of the molecule is O=C(Cn1nnc2ccccc2c1=O)c1ccc(-c2ccccc2)cc1. The molecule has 4 rings (SSSR count). The molecule has 0 saturated heterocycles. The number of rotatable bonds is 4. The van der Waals surface area contributed by atoms with Gasteiger partial charge in [-0.25, -0.2) is 4.68 Å². The Morgan fingerprint density at radius 3 is 2.23 bits per heavy atom. The summed E-state index contributed by atoms with van der Waals surface area (Å²) in [6, 6.07) is 24.2. The molecule has 0 radical (unpaired) electrons. The first-order valence-corrected chi connectivity index (χ1v) is 8.23. The number of hydrogen-bond acceptors (Lipinski definition) is 4. The quantitative estimate of drug-likeness (QED) is 0.534. The Hall–Kier alpha value is -3.60. The van der Waals surface area contributed by atoms with Gasteiger partial charge in [0.25, 0.3) is 5.56 Å². The maximum atomic E-state index is 12.5. The fourth-order valence-electron chi connectivity index (χ4n) is 2.83. The number of aromatic nitrogens is 3. The van der Waals surface area contributed by atoms with Crippen LogP contribution in [0.15, 0.2) is 83.7 Å². The lowest BCUT2D eigenvalue weighted by Crippen LogP contribution is -2.27. The van der Waals surface area contributed by atoms with Gasteiger partial charge in [0.2, 0.25) is 0 Å². The third-order valence-electron chi connectivity index (χ3n) is 4.24. The van der Waals surface area contributed by atoms with Gasteiger partial charge in [-0.1, -0.05) is 71.9 Å². The average Bonchev–Trinajstić information content (AvgIpc) is 2.71. The summed E-state index contributed by atoms with van der Waals surface area (Å²) in [7, 11) is 0. The Balaban J connectivity index is 1.59. The summed E-state index contributed by atoms with van der Waals surface area (Å²) in [5.41, 5.74) is 2.86. The van der Waals surface area contributed by atoms with Gasteiger partial charge in [0.15, 0.2) is 5.78 Å². The highest BCUT2D eigenvalue weighted by Gasteiger charge is 2.11. The average molecular weight is 341 g/mol. The maximum Gasteiger partial charge on any atom is 0.278 e. The van der Waals surface area contributed by atoms with E-state index in [2.05, 4.69) is 10.3 Å². The summed E-state index contributed by atoms with van der Waals surface area (Å²) in [6.45, 7) is -0.138. The van der Waals surface area contributed by atoms with Crippen LogP contribution in [0, 0.1) is 0 Å². The summed E-state index contributed by atoms with van der Waals surface area (Å²) in [6.07, 6.45) is 0. The van der Waals surface area contributed by atoms with E-state index in [-0.39, 0.29) is 17.9 Å². The molecule has 0 atom stereocenters. The molecule has 126 valence electrons. The van der Waals surface area contributed by atoms with Crippen LogP contribution in [0.2, 0.25) is 0 Å². The monoisotopic (exact) mass is 341 g/mol. The van der Waals surface area contributed by atoms with Gasteiger partial charge in [-0.2, -0.15) is 0 Å². The highest BCUT2D eigenvalue weighted by Crippen LogP contribution is 2.19. The first kappa shape index (κ1) is 15.9. The fourth-order valence-corrected chi connectivity index (χ4v) is 2.83. The van der Waals surface area contributed by atoms with Crippen molar-refractivity contribution in [3.05, 3.63) is 94.8 Å². The Morgan fingerprint density at radius 1 is 0.808 bits per heavy atom. The second-order valence-corrected chi connectivity index (χ2v) is 5.94. The van der Waals surface area contributed by atoms with E-state index in [0.29, 0.717) is 16.5 Å². The molecule has 5 nitrogen and oxygen atoms in total. The predicted octanol–water partition coefficient (Wildman–Crippen LogP) is 3.34. The first-order valence-electron chi connectivity index (χ1n) is 8.23. The number of carbonyl (C=O) groups excluding carboxylic acids is 1. The van der Waals surface area contributed by atoms with Crippen molar-refractivity contribution in [3.8, 4) is 11.1 Å². The molecule has 0 unspecified atom stereocenters. The van der Waals surface area contributed by atoms with Crippen molar-refractivity contribution < 1.29 is 4.79 Å². The van der Waals surface area contributed by atoms with Crippen molar-refractivity contribution in [1.29, 1.82) is 0 Å². The predicted molar refractivity (Wildman–Crippen MR) is 100 cm³/mol. The molecular weight excluding hydrogens is 326 g/mol. The third-order valence-corrected chi connectivity index (χ3v) is 4.24. The van der Waals surface area contributed by atoms with Gasteiger partial charge in [-0.05, 0) is 23.3 Å². The zero-order valence-corrected chi connectivity index (χ0v) is 13.9. The Morgan fingerprint density at radius 2 is 1.46 bits per heavy atom. The van der Waals surface area contributed by atoms with E-state index >= 15 is 0 Å². The van der Waals surface area contributed by atoms with E-state index < -0.39 is 0 Å². The number of hydrogen-bond donors (Lipinski definition) is 0. The molecule has 5 heteroatoms.